The van der Waals surface area contributed by atoms with Gasteiger partial charge in [0.2, 0.25) is 0 Å². The number of benzene rings is 4. The molecule has 4 aromatic carbocycles. The molecule has 0 unspecified atom stereocenters. The summed E-state index contributed by atoms with van der Waals surface area (Å²) in [7, 11) is 3.15. The van der Waals surface area contributed by atoms with Crippen LogP contribution in [0.15, 0.2) is 60.7 Å². The van der Waals surface area contributed by atoms with E-state index in [1.54, 1.807) is 32.4 Å². The Labute approximate surface area is 181 Å². The molecule has 31 heavy (non-hydrogen) atoms. The Balaban J connectivity index is 1.84. The molecule has 0 bridgehead atoms. The third kappa shape index (κ3) is 3.87. The van der Waals surface area contributed by atoms with E-state index in [9.17, 15) is 9.90 Å². The van der Waals surface area contributed by atoms with Crippen molar-refractivity contribution in [2.45, 2.75) is 19.8 Å². The first-order valence-corrected chi connectivity index (χ1v) is 10.1. The molecule has 5 heteroatoms. The minimum Gasteiger partial charge on any atom is -0.508 e. The molecular weight excluding hydrogens is 390 g/mol. The SMILES string of the molecule is COc1cc2cc(C(=O)Nc3ccc(C(C)C)cc3)c3ccc(O)cc3c2cc1OC. The Bertz CT molecular complexity index is 1280. The Morgan fingerprint density at radius 3 is 2.16 bits per heavy atom. The van der Waals surface area contributed by atoms with Gasteiger partial charge in [-0.05, 0) is 81.6 Å². The van der Waals surface area contributed by atoms with Gasteiger partial charge in [-0.15, -0.1) is 0 Å². The number of amides is 1. The van der Waals surface area contributed by atoms with Crippen molar-refractivity contribution < 1.29 is 19.4 Å². The molecule has 0 aliphatic heterocycles. The molecule has 0 heterocycles. The smallest absolute Gasteiger partial charge is 0.256 e. The molecule has 0 saturated carbocycles. The van der Waals surface area contributed by atoms with Crippen LogP contribution in [0.25, 0.3) is 21.5 Å². The number of ether oxygens (including phenoxy) is 2. The van der Waals surface area contributed by atoms with Gasteiger partial charge in [0.05, 0.1) is 14.2 Å². The summed E-state index contributed by atoms with van der Waals surface area (Å²) >= 11 is 0. The summed E-state index contributed by atoms with van der Waals surface area (Å²) < 4.78 is 10.9. The standard InChI is InChI=1S/C26H25NO4/c1-15(2)16-5-7-18(8-6-16)27-26(29)23-11-17-12-24(30-3)25(31-4)14-21(17)22-13-19(28)9-10-20(22)23/h5-15,28H,1-4H3,(H,27,29). The van der Waals surface area contributed by atoms with Crippen LogP contribution in [0.5, 0.6) is 17.2 Å². The number of nitrogens with one attached hydrogen (secondary N) is 1. The number of aromatic hydroxyl groups is 1. The van der Waals surface area contributed by atoms with Crippen molar-refractivity contribution >= 4 is 33.1 Å². The van der Waals surface area contributed by atoms with Crippen LogP contribution in [0.2, 0.25) is 0 Å². The van der Waals surface area contributed by atoms with Gasteiger partial charge >= 0.3 is 0 Å². The van der Waals surface area contributed by atoms with Gasteiger partial charge in [-0.1, -0.05) is 26.0 Å². The molecule has 1 amide bonds. The van der Waals surface area contributed by atoms with Crippen LogP contribution in [0.3, 0.4) is 0 Å². The summed E-state index contributed by atoms with van der Waals surface area (Å²) in [6.07, 6.45) is 0. The third-order valence-corrected chi connectivity index (χ3v) is 5.52. The molecule has 0 fully saturated rings. The average molecular weight is 415 g/mol. The molecule has 4 rings (SSSR count). The second kappa shape index (κ2) is 8.19. The number of carbonyl (C=O) groups is 1. The van der Waals surface area contributed by atoms with Crippen molar-refractivity contribution in [1.29, 1.82) is 0 Å². The van der Waals surface area contributed by atoms with Gasteiger partial charge in [0.25, 0.3) is 5.91 Å². The van der Waals surface area contributed by atoms with E-state index in [0.717, 1.165) is 27.2 Å². The van der Waals surface area contributed by atoms with E-state index in [0.29, 0.717) is 23.0 Å². The van der Waals surface area contributed by atoms with Crippen molar-refractivity contribution in [3.05, 3.63) is 71.8 Å². The average Bonchev–Trinajstić information content (AvgIpc) is 2.77. The molecule has 5 nitrogen and oxygen atoms in total. The molecule has 0 radical (unpaired) electrons. The van der Waals surface area contributed by atoms with Gasteiger partial charge < -0.3 is 19.9 Å². The highest BCUT2D eigenvalue weighted by Crippen LogP contribution is 2.38. The zero-order valence-corrected chi connectivity index (χ0v) is 18.0. The summed E-state index contributed by atoms with van der Waals surface area (Å²) in [6.45, 7) is 4.26. The van der Waals surface area contributed by atoms with E-state index >= 15 is 0 Å². The monoisotopic (exact) mass is 415 g/mol. The Morgan fingerprint density at radius 1 is 0.839 bits per heavy atom. The summed E-state index contributed by atoms with van der Waals surface area (Å²) in [5.41, 5.74) is 2.46. The van der Waals surface area contributed by atoms with Gasteiger partial charge in [-0.2, -0.15) is 0 Å². The van der Waals surface area contributed by atoms with Crippen LogP contribution in [0.1, 0.15) is 35.7 Å². The predicted molar refractivity (Wildman–Crippen MR) is 125 cm³/mol. The number of anilines is 1. The zero-order chi connectivity index (χ0) is 22.1. The highest BCUT2D eigenvalue weighted by Gasteiger charge is 2.16. The van der Waals surface area contributed by atoms with Gasteiger partial charge in [0, 0.05) is 11.3 Å². The van der Waals surface area contributed by atoms with E-state index < -0.39 is 0 Å². The number of methoxy groups -OCH3 is 2. The molecule has 158 valence electrons. The van der Waals surface area contributed by atoms with E-state index in [4.69, 9.17) is 9.47 Å². The van der Waals surface area contributed by atoms with Gasteiger partial charge in [-0.3, -0.25) is 4.79 Å². The Kier molecular flexibility index (Phi) is 5.42. The number of hydrogen-bond donors (Lipinski definition) is 2. The second-order valence-corrected chi connectivity index (χ2v) is 7.81. The van der Waals surface area contributed by atoms with Crippen molar-refractivity contribution in [2.24, 2.45) is 0 Å². The summed E-state index contributed by atoms with van der Waals surface area (Å²) in [5.74, 6) is 1.50. The molecule has 0 spiro atoms. The number of hydrogen-bond acceptors (Lipinski definition) is 4. The number of fused-ring (bicyclic) bond motifs is 3. The molecule has 0 atom stereocenters. The van der Waals surface area contributed by atoms with E-state index in [1.807, 2.05) is 42.5 Å². The van der Waals surface area contributed by atoms with Crippen LogP contribution < -0.4 is 14.8 Å². The Hall–Kier alpha value is -3.73. The van der Waals surface area contributed by atoms with E-state index in [1.165, 1.54) is 5.56 Å². The Morgan fingerprint density at radius 2 is 1.52 bits per heavy atom. The lowest BCUT2D eigenvalue weighted by molar-refractivity contribution is 0.102. The van der Waals surface area contributed by atoms with Crippen molar-refractivity contribution in [1.82, 2.24) is 0 Å². The lowest BCUT2D eigenvalue weighted by Crippen LogP contribution is -2.12. The first-order chi connectivity index (χ1) is 14.9. The summed E-state index contributed by atoms with van der Waals surface area (Å²) in [4.78, 5) is 13.2. The quantitative estimate of drug-likeness (QED) is 0.387. The molecule has 0 aliphatic rings. The molecule has 0 aliphatic carbocycles. The number of rotatable bonds is 5. The number of phenols is 1. The third-order valence-electron chi connectivity index (χ3n) is 5.52. The molecule has 2 N–H and O–H groups in total. The normalized spacial score (nSPS) is 11.1. The van der Waals surface area contributed by atoms with E-state index in [2.05, 4.69) is 19.2 Å². The molecule has 0 aromatic heterocycles. The van der Waals surface area contributed by atoms with Gasteiger partial charge in [0.15, 0.2) is 11.5 Å². The fourth-order valence-corrected chi connectivity index (χ4v) is 3.81. The van der Waals surface area contributed by atoms with Crippen LogP contribution in [-0.2, 0) is 0 Å². The molecular formula is C26H25NO4. The lowest BCUT2D eigenvalue weighted by atomic mass is 9.96. The van der Waals surface area contributed by atoms with Gasteiger partial charge in [-0.25, -0.2) is 0 Å². The first kappa shape index (κ1) is 20.5. The van der Waals surface area contributed by atoms with E-state index in [-0.39, 0.29) is 11.7 Å². The summed E-state index contributed by atoms with van der Waals surface area (Å²) in [6, 6.07) is 18.4. The fraction of sp³-hybridized carbons (Fsp3) is 0.192. The van der Waals surface area contributed by atoms with Crippen LogP contribution in [-0.4, -0.2) is 25.2 Å². The number of carbonyl (C=O) groups excluding carboxylic acids is 1. The van der Waals surface area contributed by atoms with Gasteiger partial charge in [0.1, 0.15) is 5.75 Å². The second-order valence-electron chi connectivity index (χ2n) is 7.81. The number of phenolic OH excluding ortho intramolecular Hbond substituents is 1. The first-order valence-electron chi connectivity index (χ1n) is 10.1. The minimum absolute atomic E-state index is 0.130. The maximum Gasteiger partial charge on any atom is 0.256 e. The van der Waals surface area contributed by atoms with Crippen LogP contribution >= 0.6 is 0 Å². The van der Waals surface area contributed by atoms with Crippen LogP contribution in [0, 0.1) is 0 Å². The minimum atomic E-state index is -0.218. The maximum atomic E-state index is 13.2. The molecule has 4 aromatic rings. The van der Waals surface area contributed by atoms with Crippen molar-refractivity contribution in [2.75, 3.05) is 19.5 Å². The highest BCUT2D eigenvalue weighted by atomic mass is 16.5. The lowest BCUT2D eigenvalue weighted by Gasteiger charge is -2.14. The van der Waals surface area contributed by atoms with Crippen molar-refractivity contribution in [3.63, 3.8) is 0 Å². The largest absolute Gasteiger partial charge is 0.508 e. The zero-order valence-electron chi connectivity index (χ0n) is 18.0. The van der Waals surface area contributed by atoms with Crippen LogP contribution in [0.4, 0.5) is 5.69 Å². The predicted octanol–water partition coefficient (Wildman–Crippen LogP) is 6.09. The fourth-order valence-electron chi connectivity index (χ4n) is 3.81. The maximum absolute atomic E-state index is 13.2. The van der Waals surface area contributed by atoms with Crippen molar-refractivity contribution in [3.8, 4) is 17.2 Å². The molecule has 0 saturated heterocycles. The highest BCUT2D eigenvalue weighted by molar-refractivity contribution is 6.20. The topological polar surface area (TPSA) is 67.8 Å². The summed E-state index contributed by atoms with van der Waals surface area (Å²) in [5, 5.41) is 16.3.